The van der Waals surface area contributed by atoms with Crippen molar-refractivity contribution in [2.45, 2.75) is 26.3 Å². The standard InChI is InChI=1S/C12H15FN2O/c1-8(2)10-7-12(16)15(14-10)11-6-4-3-5-9(11)13/h3-6,8,10,14H,7H2,1-2H3. The van der Waals surface area contributed by atoms with Crippen LogP contribution in [0.4, 0.5) is 10.1 Å². The van der Waals surface area contributed by atoms with Gasteiger partial charge in [-0.15, -0.1) is 0 Å². The fourth-order valence-electron chi connectivity index (χ4n) is 1.78. The normalized spacial score (nSPS) is 20.9. The summed E-state index contributed by atoms with van der Waals surface area (Å²) in [6.07, 6.45) is 0.423. The van der Waals surface area contributed by atoms with Gasteiger partial charge in [0.1, 0.15) is 5.82 Å². The number of anilines is 1. The Balaban J connectivity index is 2.24. The summed E-state index contributed by atoms with van der Waals surface area (Å²) in [5.74, 6) is -0.114. The lowest BCUT2D eigenvalue weighted by atomic mass is 10.0. The van der Waals surface area contributed by atoms with E-state index in [4.69, 9.17) is 0 Å². The number of nitrogens with zero attached hydrogens (tertiary/aromatic N) is 1. The van der Waals surface area contributed by atoms with E-state index in [2.05, 4.69) is 5.43 Å². The summed E-state index contributed by atoms with van der Waals surface area (Å²) in [4.78, 5) is 11.7. The molecule has 1 fully saturated rings. The molecule has 0 spiro atoms. The van der Waals surface area contributed by atoms with Gasteiger partial charge in [-0.05, 0) is 18.1 Å². The van der Waals surface area contributed by atoms with Crippen molar-refractivity contribution in [1.82, 2.24) is 5.43 Å². The monoisotopic (exact) mass is 222 g/mol. The average Bonchev–Trinajstić information content (AvgIpc) is 2.61. The van der Waals surface area contributed by atoms with Gasteiger partial charge in [-0.1, -0.05) is 26.0 Å². The molecule has 86 valence electrons. The maximum Gasteiger partial charge on any atom is 0.243 e. The molecule has 1 amide bonds. The molecule has 1 aromatic rings. The predicted octanol–water partition coefficient (Wildman–Crippen LogP) is 2.09. The lowest BCUT2D eigenvalue weighted by Gasteiger charge is -2.20. The van der Waals surface area contributed by atoms with Crippen molar-refractivity contribution < 1.29 is 9.18 Å². The molecule has 2 rings (SSSR count). The number of nitrogens with one attached hydrogen (secondary N) is 1. The average molecular weight is 222 g/mol. The van der Waals surface area contributed by atoms with Gasteiger partial charge in [0, 0.05) is 12.5 Å². The summed E-state index contributed by atoms with van der Waals surface area (Å²) < 4.78 is 13.5. The van der Waals surface area contributed by atoms with Gasteiger partial charge in [0.15, 0.2) is 0 Å². The Morgan fingerprint density at radius 1 is 1.44 bits per heavy atom. The highest BCUT2D eigenvalue weighted by Gasteiger charge is 2.32. The van der Waals surface area contributed by atoms with E-state index in [9.17, 15) is 9.18 Å². The van der Waals surface area contributed by atoms with Crippen LogP contribution in [0.5, 0.6) is 0 Å². The molecule has 1 N–H and O–H groups in total. The van der Waals surface area contributed by atoms with Crippen LogP contribution in [0.25, 0.3) is 0 Å². The van der Waals surface area contributed by atoms with E-state index in [1.165, 1.54) is 11.1 Å². The molecule has 4 heteroatoms. The van der Waals surface area contributed by atoms with Crippen molar-refractivity contribution in [3.05, 3.63) is 30.1 Å². The molecule has 1 aromatic carbocycles. The summed E-state index contributed by atoms with van der Waals surface area (Å²) in [6, 6.07) is 6.37. The molecule has 1 aliphatic heterocycles. The third-order valence-electron chi connectivity index (χ3n) is 2.84. The maximum absolute atomic E-state index is 13.5. The quantitative estimate of drug-likeness (QED) is 0.831. The molecule has 0 aromatic heterocycles. The highest BCUT2D eigenvalue weighted by molar-refractivity contribution is 5.95. The summed E-state index contributed by atoms with van der Waals surface area (Å²) >= 11 is 0. The summed E-state index contributed by atoms with van der Waals surface area (Å²) in [7, 11) is 0. The number of para-hydroxylation sites is 1. The fraction of sp³-hybridized carbons (Fsp3) is 0.417. The second-order valence-electron chi connectivity index (χ2n) is 4.36. The zero-order chi connectivity index (χ0) is 11.7. The van der Waals surface area contributed by atoms with Gasteiger partial charge in [-0.2, -0.15) is 0 Å². The third-order valence-corrected chi connectivity index (χ3v) is 2.84. The highest BCUT2D eigenvalue weighted by atomic mass is 19.1. The fourth-order valence-corrected chi connectivity index (χ4v) is 1.78. The number of carbonyl (C=O) groups excluding carboxylic acids is 1. The first-order valence-corrected chi connectivity index (χ1v) is 5.43. The number of hydrogen-bond acceptors (Lipinski definition) is 2. The lowest BCUT2D eigenvalue weighted by molar-refractivity contribution is -0.117. The van der Waals surface area contributed by atoms with E-state index in [1.54, 1.807) is 18.2 Å². The van der Waals surface area contributed by atoms with Crippen LogP contribution in [-0.4, -0.2) is 11.9 Å². The smallest absolute Gasteiger partial charge is 0.243 e. The van der Waals surface area contributed by atoms with E-state index in [0.717, 1.165) is 0 Å². The van der Waals surface area contributed by atoms with E-state index < -0.39 is 0 Å². The first-order chi connectivity index (χ1) is 7.59. The second kappa shape index (κ2) is 4.22. The molecular weight excluding hydrogens is 207 g/mol. The van der Waals surface area contributed by atoms with E-state index in [0.29, 0.717) is 18.0 Å². The minimum absolute atomic E-state index is 0.0798. The SMILES string of the molecule is CC(C)C1CC(=O)N(c2ccccc2F)N1. The number of benzene rings is 1. The van der Waals surface area contributed by atoms with Crippen LogP contribution in [-0.2, 0) is 4.79 Å². The van der Waals surface area contributed by atoms with Gasteiger partial charge < -0.3 is 0 Å². The molecule has 1 unspecified atom stereocenters. The minimum Gasteiger partial charge on any atom is -0.273 e. The number of hydrogen-bond donors (Lipinski definition) is 1. The number of hydrazine groups is 1. The zero-order valence-corrected chi connectivity index (χ0v) is 9.40. The molecule has 0 radical (unpaired) electrons. The molecule has 1 atom stereocenters. The van der Waals surface area contributed by atoms with Crippen molar-refractivity contribution in [2.24, 2.45) is 5.92 Å². The van der Waals surface area contributed by atoms with Gasteiger partial charge in [0.2, 0.25) is 5.91 Å². The summed E-state index contributed by atoms with van der Waals surface area (Å²) in [5, 5.41) is 1.32. The van der Waals surface area contributed by atoms with E-state index >= 15 is 0 Å². The number of carbonyl (C=O) groups is 1. The molecule has 1 saturated heterocycles. The van der Waals surface area contributed by atoms with Crippen molar-refractivity contribution in [3.63, 3.8) is 0 Å². The molecule has 1 heterocycles. The van der Waals surface area contributed by atoms with Crippen LogP contribution in [0.3, 0.4) is 0 Å². The predicted molar refractivity (Wildman–Crippen MR) is 60.3 cm³/mol. The van der Waals surface area contributed by atoms with Crippen LogP contribution >= 0.6 is 0 Å². The summed E-state index contributed by atoms with van der Waals surface area (Å²) in [6.45, 7) is 4.07. The van der Waals surface area contributed by atoms with Crippen molar-refractivity contribution in [1.29, 1.82) is 0 Å². The van der Waals surface area contributed by atoms with Crippen LogP contribution in [0.15, 0.2) is 24.3 Å². The first-order valence-electron chi connectivity index (χ1n) is 5.43. The highest BCUT2D eigenvalue weighted by Crippen LogP contribution is 2.24. The second-order valence-corrected chi connectivity index (χ2v) is 4.36. The van der Waals surface area contributed by atoms with E-state index in [-0.39, 0.29) is 17.8 Å². The number of amides is 1. The van der Waals surface area contributed by atoms with Gasteiger partial charge >= 0.3 is 0 Å². The van der Waals surface area contributed by atoms with Gasteiger partial charge in [-0.3, -0.25) is 4.79 Å². The molecule has 1 aliphatic rings. The van der Waals surface area contributed by atoms with Gasteiger partial charge in [0.05, 0.1) is 5.69 Å². The van der Waals surface area contributed by atoms with Crippen molar-refractivity contribution in [3.8, 4) is 0 Å². The number of halogens is 1. The molecule has 0 saturated carbocycles. The van der Waals surface area contributed by atoms with Crippen molar-refractivity contribution in [2.75, 3.05) is 5.01 Å². The molecule has 3 nitrogen and oxygen atoms in total. The van der Waals surface area contributed by atoms with Crippen LogP contribution in [0, 0.1) is 11.7 Å². The Morgan fingerprint density at radius 2 is 2.12 bits per heavy atom. The largest absolute Gasteiger partial charge is 0.273 e. The Kier molecular flexibility index (Phi) is 2.92. The van der Waals surface area contributed by atoms with Crippen molar-refractivity contribution >= 4 is 11.6 Å². The van der Waals surface area contributed by atoms with E-state index in [1.807, 2.05) is 13.8 Å². The Morgan fingerprint density at radius 3 is 2.69 bits per heavy atom. The zero-order valence-electron chi connectivity index (χ0n) is 9.40. The van der Waals surface area contributed by atoms with Gasteiger partial charge in [-0.25, -0.2) is 14.8 Å². The van der Waals surface area contributed by atoms with Crippen LogP contribution in [0.1, 0.15) is 20.3 Å². The first kappa shape index (κ1) is 11.1. The third kappa shape index (κ3) is 1.93. The van der Waals surface area contributed by atoms with Gasteiger partial charge in [0.25, 0.3) is 0 Å². The van der Waals surface area contributed by atoms with Crippen LogP contribution < -0.4 is 10.4 Å². The maximum atomic E-state index is 13.5. The summed E-state index contributed by atoms with van der Waals surface area (Å²) in [5.41, 5.74) is 3.34. The molecule has 16 heavy (non-hydrogen) atoms. The molecule has 0 aliphatic carbocycles. The molecule has 0 bridgehead atoms. The lowest BCUT2D eigenvalue weighted by Crippen LogP contribution is -2.39. The Hall–Kier alpha value is -1.42. The molecular formula is C12H15FN2O. The Bertz CT molecular complexity index is 406. The van der Waals surface area contributed by atoms with Crippen LogP contribution in [0.2, 0.25) is 0 Å². The number of rotatable bonds is 2. The topological polar surface area (TPSA) is 32.3 Å². The Labute approximate surface area is 94.2 Å². The minimum atomic E-state index is -0.382.